The Labute approximate surface area is 109 Å². The summed E-state index contributed by atoms with van der Waals surface area (Å²) in [7, 11) is 0. The summed E-state index contributed by atoms with van der Waals surface area (Å²) in [4.78, 5) is 11.4. The van der Waals surface area contributed by atoms with Crippen LogP contribution < -0.4 is 4.90 Å². The highest BCUT2D eigenvalue weighted by Gasteiger charge is 2.29. The number of rotatable bonds is 2. The Morgan fingerprint density at radius 3 is 2.94 bits per heavy atom. The van der Waals surface area contributed by atoms with E-state index in [0.29, 0.717) is 5.92 Å². The average Bonchev–Trinajstić information content (AvgIpc) is 3.01. The highest BCUT2D eigenvalue weighted by molar-refractivity contribution is 7.13. The van der Waals surface area contributed by atoms with Crippen LogP contribution in [-0.4, -0.2) is 32.8 Å². The van der Waals surface area contributed by atoms with Crippen LogP contribution in [0.4, 0.5) is 5.13 Å². The summed E-state index contributed by atoms with van der Waals surface area (Å²) < 4.78 is 2.10. The van der Waals surface area contributed by atoms with Crippen LogP contribution in [0.25, 0.3) is 0 Å². The van der Waals surface area contributed by atoms with E-state index in [4.69, 9.17) is 4.98 Å². The van der Waals surface area contributed by atoms with E-state index in [1.807, 2.05) is 11.6 Å². The highest BCUT2D eigenvalue weighted by Crippen LogP contribution is 2.38. The quantitative estimate of drug-likeness (QED) is 0.825. The van der Waals surface area contributed by atoms with Gasteiger partial charge in [-0.25, -0.2) is 14.6 Å². The maximum atomic E-state index is 4.70. The molecule has 0 spiro atoms. The Morgan fingerprint density at radius 2 is 2.17 bits per heavy atom. The van der Waals surface area contributed by atoms with Gasteiger partial charge in [-0.05, 0) is 12.8 Å². The third-order valence-corrected chi connectivity index (χ3v) is 4.42. The SMILES string of the molecule is c1csc(N2CCc3nc(C4CC4)nn3CC2)n1. The number of thiazole rings is 1. The van der Waals surface area contributed by atoms with Gasteiger partial charge in [0, 0.05) is 37.0 Å². The number of fused-ring (bicyclic) bond motifs is 1. The van der Waals surface area contributed by atoms with Crippen molar-refractivity contribution >= 4 is 16.5 Å². The molecule has 0 aromatic carbocycles. The second-order valence-electron chi connectivity index (χ2n) is 4.94. The van der Waals surface area contributed by atoms with Crippen molar-refractivity contribution in [2.75, 3.05) is 18.0 Å². The second kappa shape index (κ2) is 4.05. The van der Waals surface area contributed by atoms with Crippen molar-refractivity contribution < 1.29 is 0 Å². The molecule has 0 saturated heterocycles. The second-order valence-corrected chi connectivity index (χ2v) is 5.81. The van der Waals surface area contributed by atoms with Gasteiger partial charge in [0.1, 0.15) is 5.82 Å². The van der Waals surface area contributed by atoms with Crippen molar-refractivity contribution in [3.63, 3.8) is 0 Å². The van der Waals surface area contributed by atoms with E-state index in [1.54, 1.807) is 11.3 Å². The van der Waals surface area contributed by atoms with Crippen molar-refractivity contribution in [2.45, 2.75) is 31.7 Å². The van der Waals surface area contributed by atoms with E-state index in [1.165, 1.54) is 12.8 Å². The van der Waals surface area contributed by atoms with E-state index >= 15 is 0 Å². The number of aromatic nitrogens is 4. The zero-order valence-corrected chi connectivity index (χ0v) is 10.9. The third-order valence-electron chi connectivity index (χ3n) is 3.58. The number of hydrogen-bond acceptors (Lipinski definition) is 5. The zero-order chi connectivity index (χ0) is 11.9. The van der Waals surface area contributed by atoms with Gasteiger partial charge < -0.3 is 4.90 Å². The van der Waals surface area contributed by atoms with Crippen molar-refractivity contribution in [2.24, 2.45) is 0 Å². The first-order valence-electron chi connectivity index (χ1n) is 6.48. The Balaban J connectivity index is 1.54. The molecule has 0 radical (unpaired) electrons. The maximum Gasteiger partial charge on any atom is 0.185 e. The van der Waals surface area contributed by atoms with Crippen molar-refractivity contribution in [3.8, 4) is 0 Å². The van der Waals surface area contributed by atoms with Crippen LogP contribution in [0.3, 0.4) is 0 Å². The van der Waals surface area contributed by atoms with Crippen molar-refractivity contribution in [3.05, 3.63) is 23.2 Å². The lowest BCUT2D eigenvalue weighted by molar-refractivity contribution is 0.603. The van der Waals surface area contributed by atoms with E-state index in [-0.39, 0.29) is 0 Å². The van der Waals surface area contributed by atoms with Gasteiger partial charge in [0.2, 0.25) is 0 Å². The molecule has 2 aromatic heterocycles. The third kappa shape index (κ3) is 1.80. The summed E-state index contributed by atoms with van der Waals surface area (Å²) in [5.41, 5.74) is 0. The zero-order valence-electron chi connectivity index (χ0n) is 10.1. The predicted octanol–water partition coefficient (Wildman–Crippen LogP) is 1.67. The van der Waals surface area contributed by atoms with E-state index in [2.05, 4.69) is 19.7 Å². The molecule has 0 bridgehead atoms. The fraction of sp³-hybridized carbons (Fsp3) is 0.583. The van der Waals surface area contributed by atoms with Gasteiger partial charge in [-0.3, -0.25) is 0 Å². The molecule has 2 aromatic rings. The molecule has 1 fully saturated rings. The molecular formula is C12H15N5S. The average molecular weight is 261 g/mol. The molecule has 2 aliphatic rings. The first kappa shape index (κ1) is 10.5. The first-order valence-corrected chi connectivity index (χ1v) is 7.36. The van der Waals surface area contributed by atoms with Crippen LogP contribution in [0.15, 0.2) is 11.6 Å². The molecule has 5 nitrogen and oxygen atoms in total. The van der Waals surface area contributed by atoms with Crippen LogP contribution in [-0.2, 0) is 13.0 Å². The fourth-order valence-corrected chi connectivity index (χ4v) is 3.09. The van der Waals surface area contributed by atoms with Crippen LogP contribution in [0.5, 0.6) is 0 Å². The molecule has 0 N–H and O–H groups in total. The Kier molecular flexibility index (Phi) is 2.36. The Hall–Kier alpha value is -1.43. The molecule has 6 heteroatoms. The molecular weight excluding hydrogens is 246 g/mol. The number of anilines is 1. The van der Waals surface area contributed by atoms with Crippen LogP contribution >= 0.6 is 11.3 Å². The number of nitrogens with zero attached hydrogens (tertiary/aromatic N) is 5. The lowest BCUT2D eigenvalue weighted by Crippen LogP contribution is -2.26. The van der Waals surface area contributed by atoms with E-state index in [9.17, 15) is 0 Å². The van der Waals surface area contributed by atoms with Crippen molar-refractivity contribution in [1.29, 1.82) is 0 Å². The standard InChI is InChI=1S/C12H15N5S/c1-2-9(1)11-14-10-3-5-16(6-7-17(10)15-11)12-13-4-8-18-12/h4,8-9H,1-3,5-7H2. The molecule has 3 heterocycles. The molecule has 94 valence electrons. The lowest BCUT2D eigenvalue weighted by atomic mass is 10.4. The molecule has 1 saturated carbocycles. The minimum absolute atomic E-state index is 0.652. The summed E-state index contributed by atoms with van der Waals surface area (Å²) in [5, 5.41) is 7.79. The summed E-state index contributed by atoms with van der Waals surface area (Å²) in [6.45, 7) is 2.90. The van der Waals surface area contributed by atoms with Gasteiger partial charge >= 0.3 is 0 Å². The molecule has 0 unspecified atom stereocenters. The van der Waals surface area contributed by atoms with Gasteiger partial charge in [-0.15, -0.1) is 11.3 Å². The van der Waals surface area contributed by atoms with Gasteiger partial charge in [0.25, 0.3) is 0 Å². The summed E-state index contributed by atoms with van der Waals surface area (Å²) in [6, 6.07) is 0. The Bertz CT molecular complexity index is 517. The van der Waals surface area contributed by atoms with Crippen LogP contribution in [0, 0.1) is 0 Å². The van der Waals surface area contributed by atoms with Crippen molar-refractivity contribution in [1.82, 2.24) is 19.7 Å². The summed E-state index contributed by atoms with van der Waals surface area (Å²) >= 11 is 1.70. The van der Waals surface area contributed by atoms with Gasteiger partial charge in [-0.1, -0.05) is 0 Å². The van der Waals surface area contributed by atoms with E-state index in [0.717, 1.165) is 42.8 Å². The largest absolute Gasteiger partial charge is 0.346 e. The topological polar surface area (TPSA) is 46.8 Å². The van der Waals surface area contributed by atoms with Gasteiger partial charge in [0.05, 0.1) is 6.54 Å². The molecule has 4 rings (SSSR count). The van der Waals surface area contributed by atoms with Crippen LogP contribution in [0.1, 0.15) is 30.4 Å². The lowest BCUT2D eigenvalue weighted by Gasteiger charge is -2.18. The van der Waals surface area contributed by atoms with Gasteiger partial charge in [-0.2, -0.15) is 5.10 Å². The molecule has 1 aliphatic carbocycles. The van der Waals surface area contributed by atoms with E-state index < -0.39 is 0 Å². The minimum atomic E-state index is 0.652. The summed E-state index contributed by atoms with van der Waals surface area (Å²) in [6.07, 6.45) is 5.38. The molecule has 1 aliphatic heterocycles. The smallest absolute Gasteiger partial charge is 0.185 e. The highest BCUT2D eigenvalue weighted by atomic mass is 32.1. The fourth-order valence-electron chi connectivity index (χ4n) is 2.40. The molecule has 0 atom stereocenters. The molecule has 0 amide bonds. The van der Waals surface area contributed by atoms with Gasteiger partial charge in [0.15, 0.2) is 11.0 Å². The predicted molar refractivity (Wildman–Crippen MR) is 70.0 cm³/mol. The molecule has 18 heavy (non-hydrogen) atoms. The first-order chi connectivity index (χ1) is 8.90. The Morgan fingerprint density at radius 1 is 1.22 bits per heavy atom. The normalized spacial score (nSPS) is 19.7. The maximum absolute atomic E-state index is 4.70. The number of hydrogen-bond donors (Lipinski definition) is 0. The monoisotopic (exact) mass is 261 g/mol. The van der Waals surface area contributed by atoms with Crippen LogP contribution in [0.2, 0.25) is 0 Å². The minimum Gasteiger partial charge on any atom is -0.346 e. The summed E-state index contributed by atoms with van der Waals surface area (Å²) in [5.74, 6) is 2.88.